The third-order valence-electron chi connectivity index (χ3n) is 6.73. The van der Waals surface area contributed by atoms with E-state index >= 15 is 0 Å². The van der Waals surface area contributed by atoms with Crippen LogP contribution in [0.1, 0.15) is 41.5 Å². The maximum Gasteiger partial charge on any atom is 1.00 e. The van der Waals surface area contributed by atoms with E-state index in [-0.39, 0.29) is 18.9 Å². The minimum Gasteiger partial charge on any atom is -0.295 e. The summed E-state index contributed by atoms with van der Waals surface area (Å²) in [5.74, 6) is 0. The largest absolute Gasteiger partial charge is 1.00 e. The van der Waals surface area contributed by atoms with Crippen LogP contribution in [0.2, 0.25) is 21.6 Å². The normalized spacial score (nSPS) is 12.5. The van der Waals surface area contributed by atoms with Crippen molar-refractivity contribution in [3.63, 3.8) is 0 Å². The average Bonchev–Trinajstić information content (AvgIpc) is 3.31. The zero-order valence-electron chi connectivity index (χ0n) is 19.3. The second-order valence-electron chi connectivity index (χ2n) is 9.05. The van der Waals surface area contributed by atoms with Gasteiger partial charge in [-0.05, 0) is 59.8 Å². The molecule has 0 aliphatic carbocycles. The summed E-state index contributed by atoms with van der Waals surface area (Å²) >= 11 is 14.0. The van der Waals surface area contributed by atoms with Gasteiger partial charge in [-0.15, -0.1) is 26.8 Å². The smallest absolute Gasteiger partial charge is 0.295 e. The topological polar surface area (TPSA) is 0 Å². The van der Waals surface area contributed by atoms with Gasteiger partial charge in [0.05, 0.1) is 0 Å². The number of fused-ring (bicyclic) bond motifs is 2. The van der Waals surface area contributed by atoms with Crippen LogP contribution in [0.5, 0.6) is 0 Å². The number of hydrogen-bond donors (Lipinski definition) is 0. The van der Waals surface area contributed by atoms with E-state index in [1.54, 1.807) is 15.8 Å². The van der Waals surface area contributed by atoms with Crippen molar-refractivity contribution in [2.75, 3.05) is 0 Å². The number of hydrogen-bond acceptors (Lipinski definition) is 2. The van der Waals surface area contributed by atoms with Crippen molar-refractivity contribution in [2.24, 2.45) is 0 Å². The molecule has 0 radical (unpaired) electrons. The summed E-state index contributed by atoms with van der Waals surface area (Å²) in [4.78, 5) is 0. The SMILES string of the molecule is CC(C)[Si](c1cc2c(-c3ccc(Cl)c4c[c-]sc34)ccc(Br)c2s1)(C(C)C)C(C)C.[Li+]. The van der Waals surface area contributed by atoms with E-state index in [1.165, 1.54) is 30.4 Å². The van der Waals surface area contributed by atoms with Crippen LogP contribution < -0.4 is 23.4 Å². The Bertz CT molecular complexity index is 1200. The molecule has 31 heavy (non-hydrogen) atoms. The predicted octanol–water partition coefficient (Wildman–Crippen LogP) is 6.89. The second kappa shape index (κ2) is 9.67. The third-order valence-corrected chi connectivity index (χ3v) is 17.9. The standard InChI is InChI=1S/C25H27BrClS2Si.Li/c1-14(2)30(15(3)4,16(5)6)23-13-20-17(7-9-21(26)25(20)29-23)18-8-10-22(27)19-11-12-28-24(18)19;/h7-11,13-16H,1-6H3;/q-1;+1. The maximum atomic E-state index is 6.46. The molecule has 158 valence electrons. The molecule has 6 heteroatoms. The van der Waals surface area contributed by atoms with Gasteiger partial charge in [0.15, 0.2) is 0 Å². The molecule has 2 aromatic heterocycles. The first kappa shape index (κ1) is 25.6. The molecule has 0 bridgehead atoms. The summed E-state index contributed by atoms with van der Waals surface area (Å²) in [5, 5.41) is 6.54. The molecule has 4 rings (SSSR count). The van der Waals surface area contributed by atoms with Crippen LogP contribution in [0, 0.1) is 5.38 Å². The molecule has 4 aromatic rings. The Kier molecular flexibility index (Phi) is 7.97. The molecule has 2 heterocycles. The van der Waals surface area contributed by atoms with Crippen molar-refractivity contribution in [2.45, 2.75) is 58.2 Å². The van der Waals surface area contributed by atoms with E-state index in [1.807, 2.05) is 23.5 Å². The molecule has 0 unspecified atom stereocenters. The van der Waals surface area contributed by atoms with Crippen LogP contribution >= 0.6 is 50.2 Å². The van der Waals surface area contributed by atoms with E-state index in [0.717, 1.165) is 10.4 Å². The van der Waals surface area contributed by atoms with Crippen LogP contribution in [0.15, 0.2) is 40.9 Å². The summed E-state index contributed by atoms with van der Waals surface area (Å²) in [5.41, 5.74) is 4.64. The van der Waals surface area contributed by atoms with E-state index in [4.69, 9.17) is 11.6 Å². The average molecular weight is 542 g/mol. The van der Waals surface area contributed by atoms with Crippen LogP contribution in [-0.2, 0) is 0 Å². The molecule has 2 aromatic carbocycles. The van der Waals surface area contributed by atoms with Crippen molar-refractivity contribution in [3.8, 4) is 11.1 Å². The summed E-state index contributed by atoms with van der Waals surface area (Å²) in [6, 6.07) is 13.2. The Morgan fingerprint density at radius 1 is 0.871 bits per heavy atom. The van der Waals surface area contributed by atoms with Crippen LogP contribution in [0.3, 0.4) is 0 Å². The van der Waals surface area contributed by atoms with Crippen molar-refractivity contribution < 1.29 is 18.9 Å². The van der Waals surface area contributed by atoms with Gasteiger partial charge in [0, 0.05) is 14.6 Å². The molecule has 0 aliphatic rings. The fourth-order valence-electron chi connectivity index (χ4n) is 5.57. The van der Waals surface area contributed by atoms with E-state index in [2.05, 4.69) is 87.1 Å². The molecular weight excluding hydrogens is 515 g/mol. The van der Waals surface area contributed by atoms with Crippen molar-refractivity contribution in [1.82, 2.24) is 0 Å². The van der Waals surface area contributed by atoms with E-state index < -0.39 is 8.07 Å². The number of benzene rings is 2. The van der Waals surface area contributed by atoms with Crippen molar-refractivity contribution >= 4 is 83.0 Å². The van der Waals surface area contributed by atoms with Gasteiger partial charge >= 0.3 is 18.9 Å². The van der Waals surface area contributed by atoms with Crippen LogP contribution in [-0.4, -0.2) is 8.07 Å². The van der Waals surface area contributed by atoms with E-state index in [9.17, 15) is 0 Å². The number of rotatable bonds is 5. The predicted molar refractivity (Wildman–Crippen MR) is 145 cm³/mol. The first-order valence-corrected chi connectivity index (χ1v) is 15.5. The molecule has 0 aliphatic heterocycles. The summed E-state index contributed by atoms with van der Waals surface area (Å²) in [6.07, 6.45) is 0. The fraction of sp³-hybridized carbons (Fsp3) is 0.360. The first-order chi connectivity index (χ1) is 14.2. The summed E-state index contributed by atoms with van der Waals surface area (Å²) in [7, 11) is -1.71. The van der Waals surface area contributed by atoms with Gasteiger partial charge in [0.25, 0.3) is 0 Å². The van der Waals surface area contributed by atoms with Crippen molar-refractivity contribution in [3.05, 3.63) is 51.3 Å². The van der Waals surface area contributed by atoms with Gasteiger partial charge in [0.2, 0.25) is 0 Å². The van der Waals surface area contributed by atoms with Gasteiger partial charge in [-0.3, -0.25) is 11.3 Å². The maximum absolute atomic E-state index is 6.46. The van der Waals surface area contributed by atoms with E-state index in [0.29, 0.717) is 16.6 Å². The molecular formula is C25H27BrClLiS2Si. The van der Waals surface area contributed by atoms with Gasteiger partial charge in [-0.1, -0.05) is 76.9 Å². The fourth-order valence-corrected chi connectivity index (χ4v) is 17.4. The van der Waals surface area contributed by atoms with Crippen LogP contribution in [0.25, 0.3) is 31.3 Å². The minimum absolute atomic E-state index is 0. The molecule has 0 N–H and O–H groups in total. The Labute approximate surface area is 220 Å². The van der Waals surface area contributed by atoms with Crippen molar-refractivity contribution in [1.29, 1.82) is 0 Å². The third kappa shape index (κ3) is 4.05. The Balaban J connectivity index is 0.00000272. The monoisotopic (exact) mass is 540 g/mol. The molecule has 0 spiro atoms. The second-order valence-corrected chi connectivity index (χ2v) is 18.4. The summed E-state index contributed by atoms with van der Waals surface area (Å²) < 4.78 is 5.41. The summed E-state index contributed by atoms with van der Waals surface area (Å²) in [6.45, 7) is 14.6. The first-order valence-electron chi connectivity index (χ1n) is 10.5. The molecule has 0 saturated carbocycles. The quantitative estimate of drug-likeness (QED) is 0.191. The zero-order chi connectivity index (χ0) is 21.8. The van der Waals surface area contributed by atoms with Gasteiger partial charge in [-0.25, -0.2) is 0 Å². The molecule has 0 atom stereocenters. The molecule has 0 nitrogen and oxygen atoms in total. The molecule has 0 saturated heterocycles. The molecule has 0 fully saturated rings. The zero-order valence-corrected chi connectivity index (χ0v) is 24.2. The van der Waals surface area contributed by atoms with Crippen LogP contribution in [0.4, 0.5) is 0 Å². The Morgan fingerprint density at radius 3 is 2.10 bits per heavy atom. The number of thiophene rings is 2. The number of halogens is 2. The van der Waals surface area contributed by atoms with Gasteiger partial charge in [0.1, 0.15) is 8.07 Å². The Morgan fingerprint density at radius 2 is 1.48 bits per heavy atom. The Hall–Kier alpha value is -0.0557. The van der Waals surface area contributed by atoms with Gasteiger partial charge in [-0.2, -0.15) is 6.07 Å². The minimum atomic E-state index is -1.71. The van der Waals surface area contributed by atoms with Gasteiger partial charge < -0.3 is 0 Å². The molecule has 0 amide bonds.